The van der Waals surface area contributed by atoms with Crippen molar-refractivity contribution in [3.8, 4) is 0 Å². The van der Waals surface area contributed by atoms with E-state index in [0.717, 1.165) is 4.90 Å². The summed E-state index contributed by atoms with van der Waals surface area (Å²) in [6.45, 7) is 1.62. The smallest absolute Gasteiger partial charge is 0.261 e. The molecule has 166 valence electrons. The number of nitrogens with one attached hydrogen (secondary N) is 1. The number of nitrogens with zero attached hydrogens (tertiary/aromatic N) is 5. The molecule has 0 bridgehead atoms. The van der Waals surface area contributed by atoms with Crippen molar-refractivity contribution in [2.75, 3.05) is 43.1 Å². The lowest BCUT2D eigenvalue weighted by molar-refractivity contribution is 0.0577. The van der Waals surface area contributed by atoms with E-state index < -0.39 is 24.8 Å². The minimum atomic E-state index is -2.62. The molecule has 1 N–H and O–H groups in total. The molecule has 2 aliphatic rings. The number of alkyl halides is 2. The summed E-state index contributed by atoms with van der Waals surface area (Å²) in [5, 5.41) is 7.05. The number of hydrogen-bond acceptors (Lipinski definition) is 6. The van der Waals surface area contributed by atoms with Crippen LogP contribution in [0.1, 0.15) is 26.3 Å². The highest BCUT2D eigenvalue weighted by atomic mass is 19.3. The van der Waals surface area contributed by atoms with Gasteiger partial charge in [0.25, 0.3) is 18.2 Å². The average molecular weight is 442 g/mol. The summed E-state index contributed by atoms with van der Waals surface area (Å²) in [6.07, 6.45) is 2.09. The number of halogens is 2. The third kappa shape index (κ3) is 3.64. The summed E-state index contributed by atoms with van der Waals surface area (Å²) in [7, 11) is 0. The predicted octanol–water partition coefficient (Wildman–Crippen LogP) is 2.04. The normalized spacial score (nSPS) is 16.2. The number of carbonyl (C=O) groups is 2. The second kappa shape index (κ2) is 8.15. The van der Waals surface area contributed by atoms with Gasteiger partial charge in [0.1, 0.15) is 5.56 Å². The van der Waals surface area contributed by atoms with E-state index in [0.29, 0.717) is 60.0 Å². The standard InChI is InChI=1S/C21H20F2N6O3/c22-18(23)12-28-11-13-8-16(17(9-14(13)21(28)31)27-4-6-32-7-5-27)26-20(30)15-10-25-29-3-1-2-24-19(15)29/h1-3,8-10,18H,4-7,11-12H2,(H,26,30). The van der Waals surface area contributed by atoms with Gasteiger partial charge in [-0.25, -0.2) is 18.3 Å². The number of fused-ring (bicyclic) bond motifs is 2. The van der Waals surface area contributed by atoms with Crippen LogP contribution in [0.4, 0.5) is 20.2 Å². The van der Waals surface area contributed by atoms with Crippen molar-refractivity contribution < 1.29 is 23.1 Å². The molecule has 2 aliphatic heterocycles. The zero-order chi connectivity index (χ0) is 22.2. The molecular formula is C21H20F2N6O3. The minimum Gasteiger partial charge on any atom is -0.378 e. The first-order valence-corrected chi connectivity index (χ1v) is 10.2. The monoisotopic (exact) mass is 442 g/mol. The first kappa shape index (κ1) is 20.3. The number of aromatic nitrogens is 3. The molecule has 0 spiro atoms. The molecule has 5 rings (SSSR count). The first-order chi connectivity index (χ1) is 15.5. The fraction of sp³-hybridized carbons (Fsp3) is 0.333. The Labute approximate surface area is 181 Å². The molecule has 11 heteroatoms. The van der Waals surface area contributed by atoms with E-state index in [2.05, 4.69) is 15.4 Å². The van der Waals surface area contributed by atoms with E-state index in [4.69, 9.17) is 4.74 Å². The lowest BCUT2D eigenvalue weighted by Crippen LogP contribution is -2.37. The van der Waals surface area contributed by atoms with E-state index in [1.54, 1.807) is 30.6 Å². The fourth-order valence-electron chi connectivity index (χ4n) is 4.07. The first-order valence-electron chi connectivity index (χ1n) is 10.2. The van der Waals surface area contributed by atoms with Crippen LogP contribution >= 0.6 is 0 Å². The van der Waals surface area contributed by atoms with Crippen molar-refractivity contribution >= 4 is 28.8 Å². The Bertz CT molecular complexity index is 1190. The summed E-state index contributed by atoms with van der Waals surface area (Å²) >= 11 is 0. The van der Waals surface area contributed by atoms with E-state index in [-0.39, 0.29) is 6.54 Å². The molecule has 2 amide bonds. The van der Waals surface area contributed by atoms with Crippen molar-refractivity contribution in [1.82, 2.24) is 19.5 Å². The van der Waals surface area contributed by atoms with Gasteiger partial charge in [-0.15, -0.1) is 0 Å². The van der Waals surface area contributed by atoms with E-state index in [1.165, 1.54) is 10.7 Å². The predicted molar refractivity (Wildman–Crippen MR) is 111 cm³/mol. The molecule has 0 saturated carbocycles. The Hall–Kier alpha value is -3.60. The van der Waals surface area contributed by atoms with Gasteiger partial charge in [-0.1, -0.05) is 0 Å². The second-order valence-corrected chi connectivity index (χ2v) is 7.60. The van der Waals surface area contributed by atoms with Crippen LogP contribution in [0.25, 0.3) is 5.65 Å². The van der Waals surface area contributed by atoms with Gasteiger partial charge < -0.3 is 19.9 Å². The number of hydrogen-bond donors (Lipinski definition) is 1. The van der Waals surface area contributed by atoms with Crippen LogP contribution in [0.2, 0.25) is 0 Å². The van der Waals surface area contributed by atoms with Crippen LogP contribution in [0.5, 0.6) is 0 Å². The van der Waals surface area contributed by atoms with Crippen LogP contribution < -0.4 is 10.2 Å². The molecule has 0 unspecified atom stereocenters. The number of morpholine rings is 1. The largest absolute Gasteiger partial charge is 0.378 e. The maximum atomic E-state index is 13.1. The van der Waals surface area contributed by atoms with E-state index in [9.17, 15) is 18.4 Å². The molecule has 1 aromatic carbocycles. The highest BCUT2D eigenvalue weighted by Gasteiger charge is 2.32. The van der Waals surface area contributed by atoms with Crippen LogP contribution in [-0.4, -0.2) is 70.6 Å². The Morgan fingerprint density at radius 2 is 2.06 bits per heavy atom. The molecule has 0 atom stereocenters. The van der Waals surface area contributed by atoms with Gasteiger partial charge in [-0.05, 0) is 23.8 Å². The maximum Gasteiger partial charge on any atom is 0.261 e. The molecule has 9 nitrogen and oxygen atoms in total. The summed E-state index contributed by atoms with van der Waals surface area (Å²) in [5.41, 5.74) is 2.84. The van der Waals surface area contributed by atoms with Crippen molar-refractivity contribution in [2.45, 2.75) is 13.0 Å². The topological polar surface area (TPSA) is 92.1 Å². The van der Waals surface area contributed by atoms with Crippen molar-refractivity contribution in [1.29, 1.82) is 0 Å². The Balaban J connectivity index is 1.51. The Kier molecular flexibility index (Phi) is 5.17. The molecule has 32 heavy (non-hydrogen) atoms. The second-order valence-electron chi connectivity index (χ2n) is 7.60. The summed E-state index contributed by atoms with van der Waals surface area (Å²) < 4.78 is 32.7. The summed E-state index contributed by atoms with van der Waals surface area (Å²) in [6, 6.07) is 5.08. The van der Waals surface area contributed by atoms with Crippen molar-refractivity contribution in [3.05, 3.63) is 53.5 Å². The molecule has 3 aromatic rings. The van der Waals surface area contributed by atoms with Gasteiger partial charge >= 0.3 is 0 Å². The van der Waals surface area contributed by atoms with E-state index >= 15 is 0 Å². The lowest BCUT2D eigenvalue weighted by atomic mass is 10.1. The molecule has 1 saturated heterocycles. The fourth-order valence-corrected chi connectivity index (χ4v) is 4.07. The third-order valence-corrected chi connectivity index (χ3v) is 5.58. The summed E-state index contributed by atoms with van der Waals surface area (Å²) in [5.74, 6) is -0.832. The van der Waals surface area contributed by atoms with Crippen LogP contribution in [-0.2, 0) is 11.3 Å². The van der Waals surface area contributed by atoms with Crippen molar-refractivity contribution in [2.24, 2.45) is 0 Å². The number of rotatable bonds is 5. The maximum absolute atomic E-state index is 13.1. The molecule has 4 heterocycles. The summed E-state index contributed by atoms with van der Waals surface area (Å²) in [4.78, 5) is 33.1. The SMILES string of the molecule is O=C(Nc1cc2c(cc1N1CCOCC1)C(=O)N(CC(F)F)C2)c1cnn2cccnc12. The van der Waals surface area contributed by atoms with Gasteiger partial charge in [-0.2, -0.15) is 5.10 Å². The van der Waals surface area contributed by atoms with Crippen LogP contribution in [0.15, 0.2) is 36.8 Å². The molecule has 2 aromatic heterocycles. The molecule has 0 radical (unpaired) electrons. The zero-order valence-electron chi connectivity index (χ0n) is 17.0. The van der Waals surface area contributed by atoms with Crippen molar-refractivity contribution in [3.63, 3.8) is 0 Å². The molecule has 0 aliphatic carbocycles. The number of ether oxygens (including phenoxy) is 1. The van der Waals surface area contributed by atoms with Gasteiger partial charge in [0, 0.05) is 37.6 Å². The quantitative estimate of drug-likeness (QED) is 0.650. The van der Waals surface area contributed by atoms with Crippen LogP contribution in [0.3, 0.4) is 0 Å². The number of benzene rings is 1. The highest BCUT2D eigenvalue weighted by Crippen LogP contribution is 2.35. The number of amides is 2. The zero-order valence-corrected chi connectivity index (χ0v) is 17.0. The van der Waals surface area contributed by atoms with E-state index in [1.807, 2.05) is 4.90 Å². The van der Waals surface area contributed by atoms with Gasteiger partial charge in [0.05, 0.1) is 37.3 Å². The minimum absolute atomic E-state index is 0.0725. The van der Waals surface area contributed by atoms with Crippen LogP contribution in [0, 0.1) is 0 Å². The number of anilines is 2. The highest BCUT2D eigenvalue weighted by molar-refractivity contribution is 6.10. The number of carbonyl (C=O) groups excluding carboxylic acids is 2. The Morgan fingerprint density at radius 1 is 1.25 bits per heavy atom. The van der Waals surface area contributed by atoms with Gasteiger partial charge in [-0.3, -0.25) is 9.59 Å². The third-order valence-electron chi connectivity index (χ3n) is 5.58. The van der Waals surface area contributed by atoms with Gasteiger partial charge in [0.2, 0.25) is 0 Å². The average Bonchev–Trinajstić information content (AvgIpc) is 3.35. The molecule has 1 fully saturated rings. The van der Waals surface area contributed by atoms with Gasteiger partial charge in [0.15, 0.2) is 5.65 Å². The molecular weight excluding hydrogens is 422 g/mol. The lowest BCUT2D eigenvalue weighted by Gasteiger charge is -2.31. The Morgan fingerprint density at radius 3 is 2.84 bits per heavy atom.